The van der Waals surface area contributed by atoms with E-state index in [0.29, 0.717) is 25.0 Å². The first kappa shape index (κ1) is 18.2. The molecule has 4 heteroatoms. The van der Waals surface area contributed by atoms with Crippen LogP contribution in [0.4, 0.5) is 4.39 Å². The fraction of sp³-hybridized carbons (Fsp3) is 1.00. The largest absolute Gasteiger partial charge is 0.327 e. The molecule has 0 radical (unpaired) electrons. The van der Waals surface area contributed by atoms with Gasteiger partial charge >= 0.3 is 0 Å². The lowest BCUT2D eigenvalue weighted by Gasteiger charge is -2.35. The maximum atomic E-state index is 12.9. The van der Waals surface area contributed by atoms with Gasteiger partial charge in [-0.15, -0.1) is 0 Å². The summed E-state index contributed by atoms with van der Waals surface area (Å²) < 4.78 is 12.9. The van der Waals surface area contributed by atoms with Gasteiger partial charge in [0.2, 0.25) is 0 Å². The minimum atomic E-state index is -0.721. The van der Waals surface area contributed by atoms with Gasteiger partial charge in [-0.2, -0.15) is 0 Å². The molecule has 2 saturated carbocycles. The fourth-order valence-electron chi connectivity index (χ4n) is 4.74. The van der Waals surface area contributed by atoms with Crippen molar-refractivity contribution in [1.29, 1.82) is 0 Å². The van der Waals surface area contributed by atoms with Gasteiger partial charge in [0.05, 0.1) is 0 Å². The summed E-state index contributed by atoms with van der Waals surface area (Å²) in [6.07, 6.45) is 4.05. The molecule has 0 spiro atoms. The van der Waals surface area contributed by atoms with E-state index in [-0.39, 0.29) is 6.04 Å². The maximum Gasteiger partial charge on any atom is 0.114 e. The van der Waals surface area contributed by atoms with Gasteiger partial charge in [-0.1, -0.05) is 13.8 Å². The second kappa shape index (κ2) is 7.59. The van der Waals surface area contributed by atoms with Crippen LogP contribution in [0.15, 0.2) is 0 Å². The number of nitrogens with zero attached hydrogens (tertiary/aromatic N) is 1. The van der Waals surface area contributed by atoms with E-state index >= 15 is 0 Å². The number of likely N-dealkylation sites (tertiary alicyclic amines) is 1. The molecule has 4 N–H and O–H groups in total. The van der Waals surface area contributed by atoms with Gasteiger partial charge in [0.15, 0.2) is 0 Å². The molecule has 1 heterocycles. The summed E-state index contributed by atoms with van der Waals surface area (Å²) in [4.78, 5) is 2.10. The molecule has 3 rings (SSSR count). The molecule has 6 atom stereocenters. The molecule has 1 saturated heterocycles. The summed E-state index contributed by atoms with van der Waals surface area (Å²) in [7, 11) is 0. The van der Waals surface area contributed by atoms with Gasteiger partial charge in [0.1, 0.15) is 6.17 Å². The van der Waals surface area contributed by atoms with Crippen molar-refractivity contribution in [1.82, 2.24) is 4.90 Å². The van der Waals surface area contributed by atoms with Gasteiger partial charge < -0.3 is 11.5 Å². The van der Waals surface area contributed by atoms with Crippen LogP contribution in [0, 0.1) is 23.7 Å². The first-order valence-corrected chi connectivity index (χ1v) is 9.18. The number of fused-ring (bicyclic) bond motifs is 2. The van der Waals surface area contributed by atoms with Gasteiger partial charge in [0.25, 0.3) is 0 Å². The molecule has 0 aromatic carbocycles. The minimum Gasteiger partial charge on any atom is -0.327 e. The van der Waals surface area contributed by atoms with Gasteiger partial charge in [0, 0.05) is 31.2 Å². The van der Waals surface area contributed by atoms with Gasteiger partial charge in [-0.05, 0) is 63.2 Å². The van der Waals surface area contributed by atoms with Crippen LogP contribution in [0.25, 0.3) is 0 Å². The normalized spacial score (nSPS) is 41.9. The molecular formula is C18H36FN3. The van der Waals surface area contributed by atoms with Crippen molar-refractivity contribution in [2.75, 3.05) is 13.1 Å². The molecule has 3 fully saturated rings. The number of hydrogen-bond acceptors (Lipinski definition) is 3. The van der Waals surface area contributed by atoms with Crippen LogP contribution in [-0.4, -0.2) is 42.3 Å². The fourth-order valence-corrected chi connectivity index (χ4v) is 4.74. The highest BCUT2D eigenvalue weighted by molar-refractivity contribution is 4.99. The second-order valence-corrected chi connectivity index (χ2v) is 8.36. The van der Waals surface area contributed by atoms with E-state index in [2.05, 4.69) is 32.6 Å². The van der Waals surface area contributed by atoms with E-state index in [4.69, 9.17) is 11.5 Å². The molecule has 0 aromatic heterocycles. The number of rotatable bonds is 2. The van der Waals surface area contributed by atoms with Crippen LogP contribution in [0.2, 0.25) is 0 Å². The minimum absolute atomic E-state index is 0.0288. The summed E-state index contributed by atoms with van der Waals surface area (Å²) in [6, 6.07) is 1.00. The molecular weight excluding hydrogens is 277 g/mol. The molecule has 1 aliphatic heterocycles. The summed E-state index contributed by atoms with van der Waals surface area (Å²) in [6.45, 7) is 10.2. The highest BCUT2D eigenvalue weighted by Crippen LogP contribution is 2.50. The van der Waals surface area contributed by atoms with E-state index < -0.39 is 6.17 Å². The molecule has 3 nitrogen and oxygen atoms in total. The quantitative estimate of drug-likeness (QED) is 0.824. The first-order valence-electron chi connectivity index (χ1n) is 9.18. The Bertz CT molecular complexity index is 337. The van der Waals surface area contributed by atoms with Crippen LogP contribution < -0.4 is 11.5 Å². The Labute approximate surface area is 136 Å². The number of nitrogens with two attached hydrogens (primary N) is 2. The van der Waals surface area contributed by atoms with Crippen LogP contribution >= 0.6 is 0 Å². The molecule has 3 unspecified atom stereocenters. The number of halogens is 1. The molecule has 0 aromatic rings. The third-order valence-corrected chi connectivity index (χ3v) is 6.08. The third kappa shape index (κ3) is 4.21. The highest BCUT2D eigenvalue weighted by atomic mass is 19.1. The van der Waals surface area contributed by atoms with Crippen LogP contribution in [0.1, 0.15) is 53.4 Å². The van der Waals surface area contributed by atoms with Crippen molar-refractivity contribution in [2.24, 2.45) is 35.1 Å². The number of hydrogen-bond donors (Lipinski definition) is 2. The Morgan fingerprint density at radius 2 is 1.68 bits per heavy atom. The summed E-state index contributed by atoms with van der Waals surface area (Å²) in [5, 5.41) is 0. The predicted molar refractivity (Wildman–Crippen MR) is 91.3 cm³/mol. The number of alkyl halides is 1. The monoisotopic (exact) mass is 313 g/mol. The first-order chi connectivity index (χ1) is 10.3. The Morgan fingerprint density at radius 1 is 1.00 bits per heavy atom. The van der Waals surface area contributed by atoms with Crippen molar-refractivity contribution >= 4 is 0 Å². The topological polar surface area (TPSA) is 55.3 Å². The zero-order chi connectivity index (χ0) is 16.4. The smallest absolute Gasteiger partial charge is 0.114 e. The van der Waals surface area contributed by atoms with Crippen LogP contribution in [0.3, 0.4) is 0 Å². The summed E-state index contributed by atoms with van der Waals surface area (Å²) in [5.41, 5.74) is 11.8. The van der Waals surface area contributed by atoms with Crippen LogP contribution in [-0.2, 0) is 0 Å². The molecule has 2 bridgehead atoms. The van der Waals surface area contributed by atoms with Crippen molar-refractivity contribution in [3.63, 3.8) is 0 Å². The lowest BCUT2D eigenvalue weighted by Crippen LogP contribution is -2.50. The van der Waals surface area contributed by atoms with Crippen molar-refractivity contribution in [2.45, 2.75) is 77.7 Å². The molecule has 2 aliphatic carbocycles. The van der Waals surface area contributed by atoms with Gasteiger partial charge in [-0.3, -0.25) is 4.90 Å². The zero-order valence-electron chi connectivity index (χ0n) is 14.8. The predicted octanol–water partition coefficient (Wildman–Crippen LogP) is 2.78. The third-order valence-electron chi connectivity index (χ3n) is 6.08. The zero-order valence-corrected chi connectivity index (χ0v) is 14.8. The van der Waals surface area contributed by atoms with Gasteiger partial charge in [-0.25, -0.2) is 4.39 Å². The molecule has 22 heavy (non-hydrogen) atoms. The summed E-state index contributed by atoms with van der Waals surface area (Å²) in [5.74, 6) is 3.56. The lowest BCUT2D eigenvalue weighted by molar-refractivity contribution is 0.0987. The van der Waals surface area contributed by atoms with E-state index in [0.717, 1.165) is 30.2 Å². The average Bonchev–Trinajstić information content (AvgIpc) is 2.94. The highest BCUT2D eigenvalue weighted by Gasteiger charge is 2.46. The van der Waals surface area contributed by atoms with Crippen molar-refractivity contribution in [3.05, 3.63) is 0 Å². The Kier molecular flexibility index (Phi) is 6.26. The molecule has 0 amide bonds. The number of piperidine rings is 1. The van der Waals surface area contributed by atoms with E-state index in [1.165, 1.54) is 19.3 Å². The Hall–Kier alpha value is -0.190. The Morgan fingerprint density at radius 3 is 2.05 bits per heavy atom. The Balaban J connectivity index is 0.000000160. The van der Waals surface area contributed by atoms with E-state index in [1.807, 2.05) is 0 Å². The van der Waals surface area contributed by atoms with E-state index in [9.17, 15) is 4.39 Å². The molecule has 130 valence electrons. The van der Waals surface area contributed by atoms with Crippen LogP contribution in [0.5, 0.6) is 0 Å². The SMILES string of the molecule is CC(C)C1CC2CCC1[C@@H]2N.CC(C)N1C[C@H](N)C[C@@H](F)C1. The molecule has 3 aliphatic rings. The summed E-state index contributed by atoms with van der Waals surface area (Å²) >= 11 is 0. The van der Waals surface area contributed by atoms with Crippen molar-refractivity contribution in [3.8, 4) is 0 Å². The maximum absolute atomic E-state index is 12.9. The second-order valence-electron chi connectivity index (χ2n) is 8.36. The van der Waals surface area contributed by atoms with E-state index in [1.54, 1.807) is 0 Å². The van der Waals surface area contributed by atoms with Crippen molar-refractivity contribution < 1.29 is 4.39 Å². The average molecular weight is 314 g/mol. The lowest BCUT2D eigenvalue weighted by atomic mass is 9.81. The standard InChI is InChI=1S/C10H19N.C8H17FN2/c1-6(2)9-5-7-3-4-8(9)10(7)11;1-6(2)11-4-7(9)3-8(10)5-11/h6-10H,3-5,11H2,1-2H3;6-8H,3-5,10H2,1-2H3/t7?,8?,9?,10-;7-,8-/m11/s1.